The van der Waals surface area contributed by atoms with Crippen LogP contribution in [0.2, 0.25) is 0 Å². The quantitative estimate of drug-likeness (QED) is 0.195. The molecule has 9 nitrogen and oxygen atoms in total. The van der Waals surface area contributed by atoms with E-state index in [-0.39, 0.29) is 18.3 Å². The van der Waals surface area contributed by atoms with Crippen LogP contribution in [0.3, 0.4) is 0 Å². The van der Waals surface area contributed by atoms with Crippen molar-refractivity contribution in [3.8, 4) is 29.0 Å². The van der Waals surface area contributed by atoms with E-state index in [9.17, 15) is 9.18 Å². The van der Waals surface area contributed by atoms with Gasteiger partial charge in [0.25, 0.3) is 0 Å². The maximum Gasteiger partial charge on any atom is 0.337 e. The van der Waals surface area contributed by atoms with E-state index in [4.69, 9.17) is 34.2 Å². The number of carbonyl (C=O) groups is 1. The van der Waals surface area contributed by atoms with Gasteiger partial charge in [0.2, 0.25) is 5.88 Å². The van der Waals surface area contributed by atoms with Crippen LogP contribution < -0.4 is 9.47 Å². The minimum Gasteiger partial charge on any atom is -0.493 e. The first-order valence-corrected chi connectivity index (χ1v) is 14.8. The number of aromatic nitrogens is 3. The third-order valence-electron chi connectivity index (χ3n) is 8.27. The van der Waals surface area contributed by atoms with E-state index in [2.05, 4.69) is 4.57 Å². The highest BCUT2D eigenvalue weighted by Gasteiger charge is 2.26. The Labute approximate surface area is 258 Å². The van der Waals surface area contributed by atoms with Crippen LogP contribution in [-0.2, 0) is 35.5 Å². The fourth-order valence-corrected chi connectivity index (χ4v) is 5.83. The molecule has 2 aromatic heterocycles. The van der Waals surface area contributed by atoms with Crippen molar-refractivity contribution < 1.29 is 28.1 Å². The molecule has 5 aromatic rings. The zero-order chi connectivity index (χ0) is 30.9. The summed E-state index contributed by atoms with van der Waals surface area (Å²) in [6, 6.07) is 21.3. The van der Waals surface area contributed by atoms with E-state index in [1.807, 2.05) is 42.5 Å². The van der Waals surface area contributed by atoms with E-state index in [1.165, 1.54) is 13.2 Å². The molecule has 45 heavy (non-hydrogen) atoms. The van der Waals surface area contributed by atoms with Gasteiger partial charge in [0.05, 0.1) is 60.3 Å². The summed E-state index contributed by atoms with van der Waals surface area (Å²) in [5, 5.41) is 8.99. The molecule has 1 fully saturated rings. The molecule has 0 N–H and O–H groups in total. The van der Waals surface area contributed by atoms with Gasteiger partial charge < -0.3 is 23.5 Å². The number of hydrogen-bond acceptors (Lipinski definition) is 8. The Hall–Kier alpha value is -5.27. The molecule has 2 aliphatic rings. The average molecular weight is 605 g/mol. The summed E-state index contributed by atoms with van der Waals surface area (Å²) in [7, 11) is 1.37. The van der Waals surface area contributed by atoms with E-state index < -0.39 is 11.8 Å². The SMILES string of the molecule is COC(=O)c1ccc2nc(Cc3ccc(-c4cccc(OCc5ccc(C#N)cc5F)n4)c4c3OCC4)n(C[C@@H]3CCO3)c2c1. The molecule has 0 saturated carbocycles. The molecule has 0 unspecified atom stereocenters. The van der Waals surface area contributed by atoms with Crippen molar-refractivity contribution in [1.29, 1.82) is 5.26 Å². The van der Waals surface area contributed by atoms with Gasteiger partial charge in [-0.25, -0.2) is 19.2 Å². The van der Waals surface area contributed by atoms with Crippen LogP contribution in [0.1, 0.15) is 44.9 Å². The van der Waals surface area contributed by atoms with E-state index in [0.717, 1.165) is 64.4 Å². The van der Waals surface area contributed by atoms with Gasteiger partial charge in [0.1, 0.15) is 24.0 Å². The van der Waals surface area contributed by atoms with Crippen molar-refractivity contribution in [3.63, 3.8) is 0 Å². The number of methoxy groups -OCH3 is 1. The minimum absolute atomic E-state index is 0.0117. The molecular formula is C35H29FN4O5. The Morgan fingerprint density at radius 2 is 1.96 bits per heavy atom. The number of pyridine rings is 1. The highest BCUT2D eigenvalue weighted by Crippen LogP contribution is 2.39. The van der Waals surface area contributed by atoms with Gasteiger partial charge in [-0.1, -0.05) is 24.3 Å². The van der Waals surface area contributed by atoms with Crippen LogP contribution in [-0.4, -0.2) is 46.9 Å². The molecule has 10 heteroatoms. The molecule has 1 atom stereocenters. The number of fused-ring (bicyclic) bond motifs is 2. The Bertz CT molecular complexity index is 1980. The third-order valence-corrected chi connectivity index (χ3v) is 8.27. The van der Waals surface area contributed by atoms with Gasteiger partial charge in [0.15, 0.2) is 0 Å². The first-order chi connectivity index (χ1) is 22.0. The number of carbonyl (C=O) groups excluding carboxylic acids is 1. The van der Waals surface area contributed by atoms with Crippen LogP contribution in [0.5, 0.6) is 11.6 Å². The molecule has 0 radical (unpaired) electrons. The summed E-state index contributed by atoms with van der Waals surface area (Å²) in [6.45, 7) is 1.93. The van der Waals surface area contributed by atoms with Gasteiger partial charge in [-0.15, -0.1) is 0 Å². The number of nitrogens with zero attached hydrogens (tertiary/aromatic N) is 4. The lowest BCUT2D eigenvalue weighted by molar-refractivity contribution is -0.0589. The van der Waals surface area contributed by atoms with Gasteiger partial charge >= 0.3 is 5.97 Å². The second-order valence-electron chi connectivity index (χ2n) is 11.0. The van der Waals surface area contributed by atoms with E-state index in [0.29, 0.717) is 36.6 Å². The second kappa shape index (κ2) is 12.0. The summed E-state index contributed by atoms with van der Waals surface area (Å²) >= 11 is 0. The van der Waals surface area contributed by atoms with Crippen molar-refractivity contribution >= 4 is 17.0 Å². The standard InChI is InChI=1S/C35H29FN4O5/c1-42-35(41)23-8-10-30-31(16-23)40(19-25-11-13-43-25)32(38-30)17-22-7-9-26(27-12-14-44-34(22)27)29-3-2-4-33(39-29)45-20-24-6-5-21(18-37)15-28(24)36/h2-10,15-16,25H,11-14,17,19-20H2,1H3/t25-/m0/s1. The lowest BCUT2D eigenvalue weighted by Gasteiger charge is -2.27. The monoisotopic (exact) mass is 604 g/mol. The molecule has 0 spiro atoms. The first-order valence-electron chi connectivity index (χ1n) is 14.8. The predicted octanol–water partition coefficient (Wildman–Crippen LogP) is 5.79. The van der Waals surface area contributed by atoms with Crippen molar-refractivity contribution in [2.45, 2.75) is 38.5 Å². The van der Waals surface area contributed by atoms with Crippen LogP contribution in [0.4, 0.5) is 4.39 Å². The molecule has 0 bridgehead atoms. The normalized spacial score (nSPS) is 15.2. The third kappa shape index (κ3) is 5.58. The Morgan fingerprint density at radius 3 is 2.73 bits per heavy atom. The van der Waals surface area contributed by atoms with Crippen LogP contribution in [0.25, 0.3) is 22.3 Å². The molecule has 226 valence electrons. The minimum atomic E-state index is -0.492. The number of halogens is 1. The fraction of sp³-hybridized carbons (Fsp3) is 0.257. The maximum atomic E-state index is 14.4. The van der Waals surface area contributed by atoms with E-state index >= 15 is 0 Å². The highest BCUT2D eigenvalue weighted by atomic mass is 19.1. The summed E-state index contributed by atoms with van der Waals surface area (Å²) in [5.41, 5.74) is 6.48. The van der Waals surface area contributed by atoms with Crippen molar-refractivity contribution in [2.24, 2.45) is 0 Å². The van der Waals surface area contributed by atoms with Crippen LogP contribution in [0, 0.1) is 17.1 Å². The number of benzene rings is 3. The summed E-state index contributed by atoms with van der Waals surface area (Å²) < 4.78 is 39.2. The number of imidazole rings is 1. The Kier molecular flexibility index (Phi) is 7.61. The lowest BCUT2D eigenvalue weighted by atomic mass is 9.97. The molecule has 1 saturated heterocycles. The summed E-state index contributed by atoms with van der Waals surface area (Å²) in [5.74, 6) is 1.17. The highest BCUT2D eigenvalue weighted by molar-refractivity contribution is 5.93. The first kappa shape index (κ1) is 28.5. The molecule has 7 rings (SSSR count). The number of rotatable bonds is 9. The largest absolute Gasteiger partial charge is 0.493 e. The molecule has 0 aliphatic carbocycles. The van der Waals surface area contributed by atoms with E-state index in [1.54, 1.807) is 24.3 Å². The maximum absolute atomic E-state index is 14.4. The van der Waals surface area contributed by atoms with Crippen molar-refractivity contribution in [1.82, 2.24) is 14.5 Å². The summed E-state index contributed by atoms with van der Waals surface area (Å²) in [6.07, 6.45) is 2.34. The lowest BCUT2D eigenvalue weighted by Crippen LogP contribution is -2.31. The topological polar surface area (TPSA) is 108 Å². The molecule has 0 amide bonds. The number of nitriles is 1. The molecule has 2 aliphatic heterocycles. The van der Waals surface area contributed by atoms with Crippen molar-refractivity contribution in [3.05, 3.63) is 106 Å². The van der Waals surface area contributed by atoms with Crippen molar-refractivity contribution in [2.75, 3.05) is 20.3 Å². The van der Waals surface area contributed by atoms with Gasteiger partial charge in [-0.2, -0.15) is 5.26 Å². The molecule has 4 heterocycles. The Morgan fingerprint density at radius 1 is 1.09 bits per heavy atom. The van der Waals surface area contributed by atoms with Gasteiger partial charge in [-0.05, 0) is 42.8 Å². The fourth-order valence-electron chi connectivity index (χ4n) is 5.83. The smallest absolute Gasteiger partial charge is 0.337 e. The number of hydrogen-bond donors (Lipinski definition) is 0. The zero-order valence-corrected chi connectivity index (χ0v) is 24.6. The molecule has 3 aromatic carbocycles. The number of ether oxygens (including phenoxy) is 4. The number of esters is 1. The van der Waals surface area contributed by atoms with Crippen LogP contribution >= 0.6 is 0 Å². The molecular weight excluding hydrogens is 575 g/mol. The van der Waals surface area contributed by atoms with Crippen LogP contribution in [0.15, 0.2) is 66.7 Å². The predicted molar refractivity (Wildman–Crippen MR) is 163 cm³/mol. The average Bonchev–Trinajstić information content (AvgIpc) is 3.67. The van der Waals surface area contributed by atoms with Gasteiger partial charge in [-0.3, -0.25) is 0 Å². The zero-order valence-electron chi connectivity index (χ0n) is 24.6. The summed E-state index contributed by atoms with van der Waals surface area (Å²) in [4.78, 5) is 21.9. The second-order valence-corrected chi connectivity index (χ2v) is 11.0. The van der Waals surface area contributed by atoms with Gasteiger partial charge in [0, 0.05) is 47.8 Å². The Balaban J connectivity index is 1.17.